The summed E-state index contributed by atoms with van der Waals surface area (Å²) >= 11 is 0. The smallest absolute Gasteiger partial charge is 0.255 e. The second kappa shape index (κ2) is 7.07. The second-order valence-electron chi connectivity index (χ2n) is 4.97. The Bertz CT molecular complexity index is 902. The largest absolute Gasteiger partial charge is 0.456 e. The molecule has 3 aromatic rings. The molecule has 0 aliphatic rings. The van der Waals surface area contributed by atoms with E-state index in [1.165, 1.54) is 0 Å². The van der Waals surface area contributed by atoms with Gasteiger partial charge in [-0.25, -0.2) is 0 Å². The minimum Gasteiger partial charge on any atom is -0.456 e. The third-order valence-electron chi connectivity index (χ3n) is 3.22. The van der Waals surface area contributed by atoms with E-state index in [1.54, 1.807) is 73.1 Å². The zero-order valence-corrected chi connectivity index (χ0v) is 12.6. The molecule has 1 heterocycles. The van der Waals surface area contributed by atoms with Crippen molar-refractivity contribution in [2.75, 3.05) is 5.32 Å². The number of aromatic nitrogens is 1. The van der Waals surface area contributed by atoms with Crippen LogP contribution in [0.15, 0.2) is 73.1 Å². The molecule has 3 rings (SSSR count). The third-order valence-corrected chi connectivity index (χ3v) is 3.22. The number of pyridine rings is 1. The van der Waals surface area contributed by atoms with Crippen molar-refractivity contribution in [3.8, 4) is 17.6 Å². The molecule has 1 amide bonds. The first-order chi connectivity index (χ1) is 11.7. The predicted molar refractivity (Wildman–Crippen MR) is 89.9 cm³/mol. The van der Waals surface area contributed by atoms with E-state index < -0.39 is 0 Å². The number of ether oxygens (including phenoxy) is 1. The predicted octanol–water partition coefficient (Wildman–Crippen LogP) is 4.00. The zero-order chi connectivity index (χ0) is 16.8. The van der Waals surface area contributed by atoms with Gasteiger partial charge in [0.15, 0.2) is 0 Å². The van der Waals surface area contributed by atoms with Crippen molar-refractivity contribution in [2.45, 2.75) is 0 Å². The van der Waals surface area contributed by atoms with Crippen molar-refractivity contribution in [2.24, 2.45) is 0 Å². The quantitative estimate of drug-likeness (QED) is 0.789. The monoisotopic (exact) mass is 315 g/mol. The summed E-state index contributed by atoms with van der Waals surface area (Å²) in [4.78, 5) is 16.3. The van der Waals surface area contributed by atoms with Gasteiger partial charge in [0.2, 0.25) is 0 Å². The second-order valence-corrected chi connectivity index (χ2v) is 4.97. The molecule has 5 heteroatoms. The van der Waals surface area contributed by atoms with Gasteiger partial charge in [-0.15, -0.1) is 0 Å². The first-order valence-corrected chi connectivity index (χ1v) is 7.24. The Balaban J connectivity index is 1.74. The highest BCUT2D eigenvalue weighted by molar-refractivity contribution is 6.04. The molecule has 0 fully saturated rings. The van der Waals surface area contributed by atoms with Gasteiger partial charge in [0.05, 0.1) is 17.8 Å². The highest BCUT2D eigenvalue weighted by atomic mass is 16.5. The summed E-state index contributed by atoms with van der Waals surface area (Å²) < 4.78 is 5.69. The van der Waals surface area contributed by atoms with Crippen molar-refractivity contribution in [1.29, 1.82) is 5.26 Å². The molecule has 1 aromatic heterocycles. The molecule has 1 N–H and O–H groups in total. The number of hydrogen-bond donors (Lipinski definition) is 1. The van der Waals surface area contributed by atoms with Crippen LogP contribution in [0.1, 0.15) is 15.9 Å². The van der Waals surface area contributed by atoms with Gasteiger partial charge in [0.1, 0.15) is 11.5 Å². The molecule has 0 saturated carbocycles. The SMILES string of the molecule is N#Cc1cccc(C(=O)Nc2cccc(Oc3cccnc3)c2)c1. The van der Waals surface area contributed by atoms with E-state index in [2.05, 4.69) is 10.3 Å². The fourth-order valence-corrected chi connectivity index (χ4v) is 2.11. The van der Waals surface area contributed by atoms with Gasteiger partial charge in [-0.1, -0.05) is 12.1 Å². The lowest BCUT2D eigenvalue weighted by molar-refractivity contribution is 0.102. The maximum Gasteiger partial charge on any atom is 0.255 e. The van der Waals surface area contributed by atoms with Crippen LogP contribution in [0, 0.1) is 11.3 Å². The van der Waals surface area contributed by atoms with Crippen molar-refractivity contribution in [3.63, 3.8) is 0 Å². The molecule has 0 bridgehead atoms. The van der Waals surface area contributed by atoms with Crippen molar-refractivity contribution in [1.82, 2.24) is 4.98 Å². The number of hydrogen-bond acceptors (Lipinski definition) is 4. The summed E-state index contributed by atoms with van der Waals surface area (Å²) in [7, 11) is 0. The average molecular weight is 315 g/mol. The summed E-state index contributed by atoms with van der Waals surface area (Å²) in [6.07, 6.45) is 3.28. The van der Waals surface area contributed by atoms with Gasteiger partial charge >= 0.3 is 0 Å². The maximum absolute atomic E-state index is 12.3. The lowest BCUT2D eigenvalue weighted by Crippen LogP contribution is -2.11. The van der Waals surface area contributed by atoms with E-state index in [-0.39, 0.29) is 5.91 Å². The minimum atomic E-state index is -0.286. The molecule has 24 heavy (non-hydrogen) atoms. The molecular weight excluding hydrogens is 302 g/mol. The van der Waals surface area contributed by atoms with E-state index in [1.807, 2.05) is 6.07 Å². The summed E-state index contributed by atoms with van der Waals surface area (Å²) in [5.74, 6) is 0.917. The Hall–Kier alpha value is -3.65. The van der Waals surface area contributed by atoms with Gasteiger partial charge in [0.25, 0.3) is 5.91 Å². The number of nitrogens with zero attached hydrogens (tertiary/aromatic N) is 2. The molecule has 0 aliphatic heterocycles. The third kappa shape index (κ3) is 3.76. The van der Waals surface area contributed by atoms with E-state index in [0.717, 1.165) is 0 Å². The van der Waals surface area contributed by atoms with Gasteiger partial charge in [-0.2, -0.15) is 5.26 Å². The summed E-state index contributed by atoms with van der Waals surface area (Å²) in [5, 5.41) is 11.7. The standard InChI is InChI=1S/C19H13N3O2/c20-12-14-4-1-5-15(10-14)19(23)22-16-6-2-7-17(11-16)24-18-8-3-9-21-13-18/h1-11,13H,(H,22,23). The van der Waals surface area contributed by atoms with Crippen LogP contribution in [0.5, 0.6) is 11.5 Å². The molecule has 5 nitrogen and oxygen atoms in total. The van der Waals surface area contributed by atoms with Gasteiger partial charge in [0, 0.05) is 23.5 Å². The first-order valence-electron chi connectivity index (χ1n) is 7.24. The molecular formula is C19H13N3O2. The Morgan fingerprint density at radius 1 is 1.04 bits per heavy atom. The molecule has 0 radical (unpaired) electrons. The fraction of sp³-hybridized carbons (Fsp3) is 0. The molecule has 0 unspecified atom stereocenters. The Labute approximate surface area is 139 Å². The normalized spacial score (nSPS) is 9.79. The Morgan fingerprint density at radius 3 is 2.67 bits per heavy atom. The number of carbonyl (C=O) groups excluding carboxylic acids is 1. The van der Waals surface area contributed by atoms with E-state index in [9.17, 15) is 4.79 Å². The van der Waals surface area contributed by atoms with E-state index >= 15 is 0 Å². The molecule has 0 saturated heterocycles. The number of rotatable bonds is 4. The molecule has 0 spiro atoms. The lowest BCUT2D eigenvalue weighted by atomic mass is 10.1. The van der Waals surface area contributed by atoms with Gasteiger partial charge < -0.3 is 10.1 Å². The van der Waals surface area contributed by atoms with Crippen LogP contribution in [0.4, 0.5) is 5.69 Å². The van der Waals surface area contributed by atoms with Crippen molar-refractivity contribution >= 4 is 11.6 Å². The van der Waals surface area contributed by atoms with Crippen LogP contribution in [0.25, 0.3) is 0 Å². The van der Waals surface area contributed by atoms with Crippen LogP contribution in [0.2, 0.25) is 0 Å². The molecule has 116 valence electrons. The molecule has 0 aliphatic carbocycles. The number of amides is 1. The zero-order valence-electron chi connectivity index (χ0n) is 12.6. The molecule has 2 aromatic carbocycles. The summed E-state index contributed by atoms with van der Waals surface area (Å²) in [6.45, 7) is 0. The average Bonchev–Trinajstić information content (AvgIpc) is 2.63. The van der Waals surface area contributed by atoms with Crippen LogP contribution in [-0.4, -0.2) is 10.9 Å². The highest BCUT2D eigenvalue weighted by Crippen LogP contribution is 2.23. The van der Waals surface area contributed by atoms with Gasteiger partial charge in [-0.05, 0) is 42.5 Å². The van der Waals surface area contributed by atoms with Crippen LogP contribution in [0.3, 0.4) is 0 Å². The number of anilines is 1. The Morgan fingerprint density at radius 2 is 1.88 bits per heavy atom. The van der Waals surface area contributed by atoms with Crippen LogP contribution >= 0.6 is 0 Å². The van der Waals surface area contributed by atoms with Crippen molar-refractivity contribution < 1.29 is 9.53 Å². The lowest BCUT2D eigenvalue weighted by Gasteiger charge is -2.09. The maximum atomic E-state index is 12.3. The topological polar surface area (TPSA) is 75.0 Å². The minimum absolute atomic E-state index is 0.286. The first kappa shape index (κ1) is 15.3. The number of benzene rings is 2. The fourth-order valence-electron chi connectivity index (χ4n) is 2.11. The van der Waals surface area contributed by atoms with E-state index in [0.29, 0.717) is 28.3 Å². The molecule has 0 atom stereocenters. The van der Waals surface area contributed by atoms with Crippen molar-refractivity contribution in [3.05, 3.63) is 84.2 Å². The highest BCUT2D eigenvalue weighted by Gasteiger charge is 2.07. The number of carbonyl (C=O) groups is 1. The van der Waals surface area contributed by atoms with Gasteiger partial charge in [-0.3, -0.25) is 9.78 Å². The van der Waals surface area contributed by atoms with Crippen LogP contribution in [-0.2, 0) is 0 Å². The summed E-state index contributed by atoms with van der Waals surface area (Å²) in [5.41, 5.74) is 1.47. The van der Waals surface area contributed by atoms with E-state index in [4.69, 9.17) is 10.00 Å². The van der Waals surface area contributed by atoms with Crippen LogP contribution < -0.4 is 10.1 Å². The number of nitrogens with one attached hydrogen (secondary N) is 1. The summed E-state index contributed by atoms with van der Waals surface area (Å²) in [6, 6.07) is 19.2. The number of nitriles is 1. The Kier molecular flexibility index (Phi) is 4.50.